The van der Waals surface area contributed by atoms with Crippen molar-refractivity contribution in [1.82, 2.24) is 0 Å². The lowest BCUT2D eigenvalue weighted by Gasteiger charge is -2.17. The van der Waals surface area contributed by atoms with Crippen molar-refractivity contribution < 1.29 is 4.74 Å². The Morgan fingerprint density at radius 2 is 1.62 bits per heavy atom. The van der Waals surface area contributed by atoms with E-state index in [2.05, 4.69) is 38.5 Å². The second-order valence-electron chi connectivity index (χ2n) is 3.56. The monoisotopic (exact) mass is 254 g/mol. The van der Waals surface area contributed by atoms with Crippen LogP contribution in [0.2, 0.25) is 0 Å². The SMILES string of the molecule is CSC(SC)=C(OC(C)C)c1ccccc1. The fourth-order valence-electron chi connectivity index (χ4n) is 1.33. The van der Waals surface area contributed by atoms with Crippen molar-refractivity contribution in [2.75, 3.05) is 12.5 Å². The van der Waals surface area contributed by atoms with E-state index in [0.29, 0.717) is 0 Å². The van der Waals surface area contributed by atoms with Gasteiger partial charge in [-0.15, -0.1) is 23.5 Å². The molecule has 0 spiro atoms. The fourth-order valence-corrected chi connectivity index (χ4v) is 2.70. The molecule has 0 fully saturated rings. The van der Waals surface area contributed by atoms with Crippen LogP contribution in [-0.4, -0.2) is 18.6 Å². The van der Waals surface area contributed by atoms with Crippen LogP contribution in [0, 0.1) is 0 Å². The third-order valence-electron chi connectivity index (χ3n) is 1.95. The highest BCUT2D eigenvalue weighted by Gasteiger charge is 2.11. The van der Waals surface area contributed by atoms with Crippen LogP contribution >= 0.6 is 23.5 Å². The van der Waals surface area contributed by atoms with Gasteiger partial charge in [0.25, 0.3) is 0 Å². The second-order valence-corrected chi connectivity index (χ2v) is 5.45. The summed E-state index contributed by atoms with van der Waals surface area (Å²) in [6, 6.07) is 10.3. The second kappa shape index (κ2) is 6.92. The number of thioether (sulfide) groups is 2. The fraction of sp³-hybridized carbons (Fsp3) is 0.385. The summed E-state index contributed by atoms with van der Waals surface area (Å²) in [5.41, 5.74) is 1.15. The van der Waals surface area contributed by atoms with E-state index >= 15 is 0 Å². The molecular weight excluding hydrogens is 236 g/mol. The van der Waals surface area contributed by atoms with Gasteiger partial charge >= 0.3 is 0 Å². The summed E-state index contributed by atoms with van der Waals surface area (Å²) >= 11 is 3.46. The first kappa shape index (κ1) is 13.5. The van der Waals surface area contributed by atoms with Gasteiger partial charge in [-0.05, 0) is 26.4 Å². The van der Waals surface area contributed by atoms with E-state index in [9.17, 15) is 0 Å². The molecule has 1 rings (SSSR count). The maximum Gasteiger partial charge on any atom is 0.146 e. The van der Waals surface area contributed by atoms with Crippen molar-refractivity contribution in [3.63, 3.8) is 0 Å². The van der Waals surface area contributed by atoms with Gasteiger partial charge in [-0.3, -0.25) is 0 Å². The van der Waals surface area contributed by atoms with E-state index in [1.165, 1.54) is 4.24 Å². The Hall–Kier alpha value is -0.540. The molecule has 1 nitrogen and oxygen atoms in total. The number of ether oxygens (including phenoxy) is 1. The van der Waals surface area contributed by atoms with E-state index in [-0.39, 0.29) is 6.10 Å². The van der Waals surface area contributed by atoms with Gasteiger partial charge in [-0.1, -0.05) is 30.3 Å². The molecule has 88 valence electrons. The van der Waals surface area contributed by atoms with Crippen LogP contribution in [0.5, 0.6) is 0 Å². The van der Waals surface area contributed by atoms with Crippen LogP contribution in [0.4, 0.5) is 0 Å². The van der Waals surface area contributed by atoms with E-state index in [0.717, 1.165) is 11.3 Å². The summed E-state index contributed by atoms with van der Waals surface area (Å²) in [7, 11) is 0. The van der Waals surface area contributed by atoms with Crippen molar-refractivity contribution in [2.24, 2.45) is 0 Å². The van der Waals surface area contributed by atoms with E-state index < -0.39 is 0 Å². The van der Waals surface area contributed by atoms with Gasteiger partial charge in [0, 0.05) is 5.56 Å². The largest absolute Gasteiger partial charge is 0.489 e. The quantitative estimate of drug-likeness (QED) is 0.718. The lowest BCUT2D eigenvalue weighted by Crippen LogP contribution is -2.03. The third-order valence-corrected chi connectivity index (χ3v) is 4.06. The van der Waals surface area contributed by atoms with Crippen LogP contribution in [0.3, 0.4) is 0 Å². The molecule has 0 N–H and O–H groups in total. The summed E-state index contributed by atoms with van der Waals surface area (Å²) in [5.74, 6) is 0.996. The zero-order chi connectivity index (χ0) is 12.0. The molecule has 0 aromatic heterocycles. The normalized spacial score (nSPS) is 10.3. The zero-order valence-corrected chi connectivity index (χ0v) is 11.8. The Kier molecular flexibility index (Phi) is 5.85. The van der Waals surface area contributed by atoms with Gasteiger partial charge in [-0.25, -0.2) is 0 Å². The smallest absolute Gasteiger partial charge is 0.146 e. The Morgan fingerprint density at radius 3 is 2.06 bits per heavy atom. The molecule has 0 unspecified atom stereocenters. The van der Waals surface area contributed by atoms with Crippen LogP contribution in [-0.2, 0) is 4.74 Å². The van der Waals surface area contributed by atoms with Gasteiger partial charge in [0.05, 0.1) is 10.3 Å². The molecule has 0 aliphatic carbocycles. The Bertz CT molecular complexity index is 338. The maximum absolute atomic E-state index is 5.92. The predicted octanol–water partition coefficient (Wildman–Crippen LogP) is 4.46. The maximum atomic E-state index is 5.92. The molecule has 0 saturated carbocycles. The van der Waals surface area contributed by atoms with Crippen molar-refractivity contribution in [3.8, 4) is 0 Å². The zero-order valence-electron chi connectivity index (χ0n) is 10.2. The molecular formula is C13H18OS2. The molecule has 0 aliphatic rings. The summed E-state index contributed by atoms with van der Waals surface area (Å²) < 4.78 is 7.14. The highest BCUT2D eigenvalue weighted by Crippen LogP contribution is 2.34. The first-order chi connectivity index (χ1) is 7.69. The van der Waals surface area contributed by atoms with Gasteiger partial charge in [-0.2, -0.15) is 0 Å². The average Bonchev–Trinajstić information content (AvgIpc) is 2.30. The molecule has 0 radical (unpaired) electrons. The highest BCUT2D eigenvalue weighted by atomic mass is 32.2. The van der Waals surface area contributed by atoms with Crippen molar-refractivity contribution in [1.29, 1.82) is 0 Å². The first-order valence-corrected chi connectivity index (χ1v) is 7.68. The van der Waals surface area contributed by atoms with Crippen LogP contribution in [0.15, 0.2) is 34.6 Å². The van der Waals surface area contributed by atoms with Gasteiger partial charge in [0.1, 0.15) is 5.76 Å². The van der Waals surface area contributed by atoms with Crippen LogP contribution < -0.4 is 0 Å². The first-order valence-electron chi connectivity index (χ1n) is 5.23. The molecule has 0 bridgehead atoms. The summed E-state index contributed by atoms with van der Waals surface area (Å²) in [4.78, 5) is 0. The highest BCUT2D eigenvalue weighted by molar-refractivity contribution is 8.21. The minimum Gasteiger partial charge on any atom is -0.489 e. The van der Waals surface area contributed by atoms with E-state index in [1.807, 2.05) is 18.2 Å². The predicted molar refractivity (Wildman–Crippen MR) is 76.6 cm³/mol. The third kappa shape index (κ3) is 3.80. The number of hydrogen-bond donors (Lipinski definition) is 0. The molecule has 1 aromatic rings. The number of benzene rings is 1. The lowest BCUT2D eigenvalue weighted by atomic mass is 10.2. The molecule has 0 saturated heterocycles. The summed E-state index contributed by atoms with van der Waals surface area (Å²) in [6.07, 6.45) is 4.36. The van der Waals surface area contributed by atoms with Gasteiger partial charge < -0.3 is 4.74 Å². The molecule has 0 aliphatic heterocycles. The van der Waals surface area contributed by atoms with Gasteiger partial charge in [0.2, 0.25) is 0 Å². The number of hydrogen-bond acceptors (Lipinski definition) is 3. The van der Waals surface area contributed by atoms with Gasteiger partial charge in [0.15, 0.2) is 0 Å². The van der Waals surface area contributed by atoms with Crippen molar-refractivity contribution in [3.05, 3.63) is 40.1 Å². The molecule has 0 amide bonds. The molecule has 0 atom stereocenters. The van der Waals surface area contributed by atoms with Crippen molar-refractivity contribution in [2.45, 2.75) is 20.0 Å². The minimum absolute atomic E-state index is 0.199. The minimum atomic E-state index is 0.199. The molecule has 1 aromatic carbocycles. The van der Waals surface area contributed by atoms with E-state index in [1.54, 1.807) is 23.5 Å². The summed E-state index contributed by atoms with van der Waals surface area (Å²) in [5, 5.41) is 0. The Labute approximate surface area is 107 Å². The lowest BCUT2D eigenvalue weighted by molar-refractivity contribution is 0.204. The van der Waals surface area contributed by atoms with E-state index in [4.69, 9.17) is 4.74 Å². The average molecular weight is 254 g/mol. The van der Waals surface area contributed by atoms with Crippen LogP contribution in [0.25, 0.3) is 5.76 Å². The Balaban J connectivity index is 3.10. The molecule has 3 heteroatoms. The molecule has 16 heavy (non-hydrogen) atoms. The molecule has 0 heterocycles. The standard InChI is InChI=1S/C13H18OS2/c1-10(2)14-12(13(15-3)16-4)11-8-6-5-7-9-11/h5-10H,1-4H3. The topological polar surface area (TPSA) is 9.23 Å². The Morgan fingerprint density at radius 1 is 1.06 bits per heavy atom. The van der Waals surface area contributed by atoms with Crippen molar-refractivity contribution >= 4 is 29.3 Å². The summed E-state index contributed by atoms with van der Waals surface area (Å²) in [6.45, 7) is 4.11. The van der Waals surface area contributed by atoms with Crippen LogP contribution in [0.1, 0.15) is 19.4 Å². The number of rotatable bonds is 5.